The molecule has 0 bridgehead atoms. The molecule has 3 heterocycles. The van der Waals surface area contributed by atoms with E-state index in [4.69, 9.17) is 9.41 Å². The van der Waals surface area contributed by atoms with Crippen LogP contribution in [0.3, 0.4) is 0 Å². The molecule has 6 nitrogen and oxygen atoms in total. The average molecular weight is 980 g/mol. The van der Waals surface area contributed by atoms with Crippen LogP contribution >= 0.6 is 0 Å². The highest BCUT2D eigenvalue weighted by Crippen LogP contribution is 2.67. The predicted molar refractivity (Wildman–Crippen MR) is 303 cm³/mol. The van der Waals surface area contributed by atoms with E-state index in [0.717, 1.165) is 66.3 Å². The molecule has 10 aliphatic rings. The fraction of sp³-hybridized carbons (Fsp3) is 0.319. The van der Waals surface area contributed by atoms with Gasteiger partial charge in [-0.3, -0.25) is 20.9 Å². The first-order valence-corrected chi connectivity index (χ1v) is 28.1. The van der Waals surface area contributed by atoms with Gasteiger partial charge in [-0.1, -0.05) is 192 Å². The summed E-state index contributed by atoms with van der Waals surface area (Å²) < 4.78 is 6.97. The number of aliphatic imine (C=N–C) groups is 1. The SMILES string of the molecule is CC1(C)C2=C(c3ccc(C4N=C(c5ccc6c(c5)-c5c(C7NC(c8ccccc8)NC(C8C=CC=CC8)N7)cccc5C65c6ccccc6C(C)(C)C6C=CCCC65)Nc5c4oc4c5C=CCC4)cc31)C1CC1C=C2. The van der Waals surface area contributed by atoms with Gasteiger partial charge in [-0.2, -0.15) is 0 Å². The van der Waals surface area contributed by atoms with Crippen molar-refractivity contribution >= 4 is 23.2 Å². The summed E-state index contributed by atoms with van der Waals surface area (Å²) in [6.45, 7) is 9.84. The molecule has 16 rings (SSSR count). The summed E-state index contributed by atoms with van der Waals surface area (Å²) >= 11 is 0. The second-order valence-corrected chi connectivity index (χ2v) is 24.5. The van der Waals surface area contributed by atoms with Crippen LogP contribution in [0.1, 0.15) is 151 Å². The highest BCUT2D eigenvalue weighted by atomic mass is 16.3. The first-order chi connectivity index (χ1) is 36.7. The Morgan fingerprint density at radius 3 is 2.39 bits per heavy atom. The Labute approximate surface area is 441 Å². The average Bonchev–Trinajstić information content (AvgIpc) is 4.12. The highest BCUT2D eigenvalue weighted by Gasteiger charge is 2.60. The quantitative estimate of drug-likeness (QED) is 0.130. The number of benzene rings is 5. The van der Waals surface area contributed by atoms with E-state index in [2.05, 4.69) is 219 Å². The Balaban J connectivity index is 0.893. The maximum absolute atomic E-state index is 6.97. The van der Waals surface area contributed by atoms with Crippen LogP contribution in [0.5, 0.6) is 0 Å². The van der Waals surface area contributed by atoms with Gasteiger partial charge in [0, 0.05) is 28.9 Å². The molecule has 75 heavy (non-hydrogen) atoms. The van der Waals surface area contributed by atoms with Crippen molar-refractivity contribution in [3.63, 3.8) is 0 Å². The third-order valence-corrected chi connectivity index (χ3v) is 19.9. The van der Waals surface area contributed by atoms with Crippen LogP contribution in [0.15, 0.2) is 179 Å². The van der Waals surface area contributed by atoms with Crippen LogP contribution in [0.2, 0.25) is 0 Å². The van der Waals surface area contributed by atoms with Crippen LogP contribution in [0, 0.1) is 29.6 Å². The lowest BCUT2D eigenvalue weighted by atomic mass is 9.47. The third kappa shape index (κ3) is 6.28. The second-order valence-electron chi connectivity index (χ2n) is 24.5. The van der Waals surface area contributed by atoms with E-state index in [1.165, 1.54) is 73.2 Å². The van der Waals surface area contributed by atoms with Crippen LogP contribution in [0.4, 0.5) is 5.69 Å². The first-order valence-electron chi connectivity index (χ1n) is 28.1. The van der Waals surface area contributed by atoms with Gasteiger partial charge in [0.25, 0.3) is 0 Å². The predicted octanol–water partition coefficient (Wildman–Crippen LogP) is 14.6. The number of amidine groups is 1. The van der Waals surface area contributed by atoms with E-state index >= 15 is 0 Å². The van der Waals surface area contributed by atoms with E-state index in [1.54, 1.807) is 5.57 Å². The van der Waals surface area contributed by atoms with E-state index in [-0.39, 0.29) is 40.8 Å². The number of aryl methyl sites for hydroxylation is 1. The highest BCUT2D eigenvalue weighted by molar-refractivity contribution is 6.12. The lowest BCUT2D eigenvalue weighted by molar-refractivity contribution is 0.162. The van der Waals surface area contributed by atoms with Gasteiger partial charge in [0.05, 0.1) is 29.6 Å². The molecule has 4 N–H and O–H groups in total. The van der Waals surface area contributed by atoms with Crippen LogP contribution in [0.25, 0.3) is 22.8 Å². The summed E-state index contributed by atoms with van der Waals surface area (Å²) in [5, 5.41) is 16.3. The number of hydrogen-bond donors (Lipinski definition) is 4. The maximum atomic E-state index is 6.97. The fourth-order valence-corrected chi connectivity index (χ4v) is 16.2. The molecule has 2 aliphatic heterocycles. The van der Waals surface area contributed by atoms with E-state index < -0.39 is 0 Å². The van der Waals surface area contributed by atoms with E-state index in [1.807, 2.05) is 0 Å². The van der Waals surface area contributed by atoms with Gasteiger partial charge in [-0.05, 0) is 140 Å². The van der Waals surface area contributed by atoms with Gasteiger partial charge in [-0.25, -0.2) is 0 Å². The minimum Gasteiger partial charge on any atom is -0.460 e. The molecule has 1 saturated heterocycles. The number of nitrogens with zero attached hydrogens (tertiary/aromatic N) is 1. The second kappa shape index (κ2) is 16.1. The van der Waals surface area contributed by atoms with Gasteiger partial charge < -0.3 is 9.73 Å². The number of allylic oxidation sites excluding steroid dienone is 10. The summed E-state index contributed by atoms with van der Waals surface area (Å²) in [6.07, 6.45) is 29.8. The van der Waals surface area contributed by atoms with Crippen molar-refractivity contribution in [3.8, 4) is 11.1 Å². The Kier molecular flexibility index (Phi) is 9.54. The zero-order valence-electron chi connectivity index (χ0n) is 43.5. The fourth-order valence-electron chi connectivity index (χ4n) is 16.2. The first kappa shape index (κ1) is 44.5. The zero-order valence-corrected chi connectivity index (χ0v) is 43.5. The van der Waals surface area contributed by atoms with Gasteiger partial charge in [0.1, 0.15) is 17.6 Å². The molecular formula is C69H65N5O. The Bertz CT molecular complexity index is 3650. The lowest BCUT2D eigenvalue weighted by Gasteiger charge is -2.56. The molecule has 10 unspecified atom stereocenters. The monoisotopic (exact) mass is 980 g/mol. The van der Waals surface area contributed by atoms with E-state index in [9.17, 15) is 0 Å². The standard InChI is InChI=1S/C69H65N5O/c1-67(2)50-24-12-14-26-52(50)69(53-27-15-13-25-51(53)67)49-34-32-43(37-48(49)59-46(23-17-28-55(59)69)66-73-63(39-18-7-5-8-19-39)72-64(74-66)40-20-9-6-10-21-40)65-70-60(62-61(71-65)45-22-11-16-29-57(45)75-62)42-30-33-44-56(38-42)68(3,4)54-35-31-41-36-47(41)58(44)54/h5-14,17-20,22-26,28,30-35,37-38,40-41,47,51,53,60,63-64,66,72-74H,15-16,21,27,29,36H2,1-4H3,(H,70,71). The Hall–Kier alpha value is -6.83. The summed E-state index contributed by atoms with van der Waals surface area (Å²) in [6, 6.07) is 42.1. The molecule has 6 heteroatoms. The van der Waals surface area contributed by atoms with Crippen LogP contribution in [-0.4, -0.2) is 12.0 Å². The summed E-state index contributed by atoms with van der Waals surface area (Å²) in [5.41, 5.74) is 20.9. The largest absolute Gasteiger partial charge is 0.460 e. The molecule has 1 saturated carbocycles. The maximum Gasteiger partial charge on any atom is 0.157 e. The number of fused-ring (bicyclic) bond motifs is 16. The molecule has 0 amide bonds. The molecule has 1 aromatic heterocycles. The van der Waals surface area contributed by atoms with Crippen LogP contribution < -0.4 is 21.3 Å². The molecular weight excluding hydrogens is 915 g/mol. The summed E-state index contributed by atoms with van der Waals surface area (Å²) in [4.78, 5) is 5.82. The topological polar surface area (TPSA) is 73.6 Å². The van der Waals surface area contributed by atoms with Crippen molar-refractivity contribution < 1.29 is 4.42 Å². The Morgan fingerprint density at radius 1 is 0.653 bits per heavy atom. The number of nitrogens with one attached hydrogen (secondary N) is 4. The van der Waals surface area contributed by atoms with E-state index in [0.29, 0.717) is 29.6 Å². The van der Waals surface area contributed by atoms with Crippen molar-refractivity contribution in [2.24, 2.45) is 34.6 Å². The molecule has 1 spiro atoms. The lowest BCUT2D eigenvalue weighted by Crippen LogP contribution is -2.61. The normalized spacial score (nSPS) is 31.0. The molecule has 6 aromatic rings. The smallest absolute Gasteiger partial charge is 0.157 e. The number of rotatable bonds is 5. The number of anilines is 1. The van der Waals surface area contributed by atoms with Crippen molar-refractivity contribution in [3.05, 3.63) is 242 Å². The van der Waals surface area contributed by atoms with Crippen molar-refractivity contribution in [1.29, 1.82) is 0 Å². The molecule has 2 fully saturated rings. The summed E-state index contributed by atoms with van der Waals surface area (Å²) in [7, 11) is 0. The van der Waals surface area contributed by atoms with Gasteiger partial charge in [-0.15, -0.1) is 0 Å². The van der Waals surface area contributed by atoms with Gasteiger partial charge in [0.15, 0.2) is 5.76 Å². The molecule has 10 atom stereocenters. The molecule has 0 radical (unpaired) electrons. The van der Waals surface area contributed by atoms with Crippen molar-refractivity contribution in [2.45, 2.75) is 107 Å². The molecule has 372 valence electrons. The minimum absolute atomic E-state index is 0.0367. The molecule has 8 aliphatic carbocycles. The third-order valence-electron chi connectivity index (χ3n) is 19.9. The number of hydrogen-bond acceptors (Lipinski definition) is 6. The van der Waals surface area contributed by atoms with Gasteiger partial charge in [0.2, 0.25) is 0 Å². The van der Waals surface area contributed by atoms with Gasteiger partial charge >= 0.3 is 0 Å². The number of furan rings is 1. The zero-order chi connectivity index (χ0) is 50.0. The Morgan fingerprint density at radius 2 is 1.51 bits per heavy atom. The molecule has 5 aromatic carbocycles. The van der Waals surface area contributed by atoms with Crippen LogP contribution in [-0.2, 0) is 22.7 Å². The van der Waals surface area contributed by atoms with Crippen molar-refractivity contribution in [2.75, 3.05) is 5.32 Å². The minimum atomic E-state index is -0.366. The van der Waals surface area contributed by atoms with Crippen molar-refractivity contribution in [1.82, 2.24) is 16.0 Å². The summed E-state index contributed by atoms with van der Waals surface area (Å²) in [5.74, 6) is 5.24.